The normalized spacial score (nSPS) is 12.0. The van der Waals surface area contributed by atoms with Crippen LogP contribution in [0, 0.1) is 0 Å². The molecule has 1 aromatic carbocycles. The third-order valence-electron chi connectivity index (χ3n) is 3.62. The minimum absolute atomic E-state index is 0.104. The van der Waals surface area contributed by atoms with E-state index in [2.05, 4.69) is 10.3 Å². The number of urea groups is 1. The molecule has 2 amide bonds. The van der Waals surface area contributed by atoms with Crippen molar-refractivity contribution in [2.45, 2.75) is 19.5 Å². The standard InChI is InChI=1S/C16H21ClN4O2/c1-12(13-3-5-14(17)6-4-13)19-16(23)21(9-10-22)11-15-18-7-8-20(15)2/h3-8,12,22H,9-11H2,1-2H3,(H,19,23)/t12-/m0/s1. The second-order valence-electron chi connectivity index (χ2n) is 5.32. The molecule has 0 aliphatic heterocycles. The molecule has 0 fully saturated rings. The molecular formula is C16H21ClN4O2. The topological polar surface area (TPSA) is 70.4 Å². The van der Waals surface area contributed by atoms with Crippen molar-refractivity contribution in [1.29, 1.82) is 0 Å². The average molecular weight is 337 g/mol. The van der Waals surface area contributed by atoms with Gasteiger partial charge in [0.25, 0.3) is 0 Å². The molecule has 0 saturated heterocycles. The molecule has 2 N–H and O–H groups in total. The number of imidazole rings is 1. The largest absolute Gasteiger partial charge is 0.395 e. The zero-order valence-corrected chi connectivity index (χ0v) is 14.0. The predicted octanol–water partition coefficient (Wildman–Crippen LogP) is 2.34. The maximum absolute atomic E-state index is 12.5. The first-order chi connectivity index (χ1) is 11.0. The van der Waals surface area contributed by atoms with Crippen molar-refractivity contribution in [3.8, 4) is 0 Å². The number of hydrogen-bond acceptors (Lipinski definition) is 3. The fourth-order valence-corrected chi connectivity index (χ4v) is 2.33. The van der Waals surface area contributed by atoms with Crippen LogP contribution in [0.25, 0.3) is 0 Å². The van der Waals surface area contributed by atoms with Crippen LogP contribution in [0.4, 0.5) is 4.79 Å². The first-order valence-electron chi connectivity index (χ1n) is 7.39. The average Bonchev–Trinajstić information content (AvgIpc) is 2.92. The molecule has 1 aromatic heterocycles. The van der Waals surface area contributed by atoms with Crippen LogP contribution >= 0.6 is 11.6 Å². The first-order valence-corrected chi connectivity index (χ1v) is 7.77. The molecule has 1 heterocycles. The van der Waals surface area contributed by atoms with Gasteiger partial charge in [0.2, 0.25) is 0 Å². The number of rotatable bonds is 6. The van der Waals surface area contributed by atoms with Crippen molar-refractivity contribution in [2.24, 2.45) is 7.05 Å². The van der Waals surface area contributed by atoms with E-state index in [0.717, 1.165) is 11.4 Å². The summed E-state index contributed by atoms with van der Waals surface area (Å²) in [5.74, 6) is 0.757. The number of aromatic nitrogens is 2. The lowest BCUT2D eigenvalue weighted by atomic mass is 10.1. The van der Waals surface area contributed by atoms with Crippen LogP contribution in [0.3, 0.4) is 0 Å². The smallest absolute Gasteiger partial charge is 0.318 e. The van der Waals surface area contributed by atoms with Crippen molar-refractivity contribution in [2.75, 3.05) is 13.2 Å². The van der Waals surface area contributed by atoms with E-state index < -0.39 is 0 Å². The predicted molar refractivity (Wildman–Crippen MR) is 89.1 cm³/mol. The van der Waals surface area contributed by atoms with E-state index in [1.54, 1.807) is 18.3 Å². The summed E-state index contributed by atoms with van der Waals surface area (Å²) in [5.41, 5.74) is 0.962. The molecule has 2 aromatic rings. The van der Waals surface area contributed by atoms with Crippen LogP contribution < -0.4 is 5.32 Å². The van der Waals surface area contributed by atoms with Gasteiger partial charge >= 0.3 is 6.03 Å². The Kier molecular flexibility index (Phi) is 6.01. The van der Waals surface area contributed by atoms with Gasteiger partial charge in [-0.25, -0.2) is 9.78 Å². The maximum Gasteiger partial charge on any atom is 0.318 e. The number of hydrogen-bond donors (Lipinski definition) is 2. The lowest BCUT2D eigenvalue weighted by molar-refractivity contribution is 0.169. The molecule has 0 saturated carbocycles. The van der Waals surface area contributed by atoms with Gasteiger partial charge in [-0.3, -0.25) is 0 Å². The molecular weight excluding hydrogens is 316 g/mol. The van der Waals surface area contributed by atoms with E-state index in [0.29, 0.717) is 11.6 Å². The molecule has 0 spiro atoms. The van der Waals surface area contributed by atoms with Gasteiger partial charge in [-0.15, -0.1) is 0 Å². The highest BCUT2D eigenvalue weighted by molar-refractivity contribution is 6.30. The summed E-state index contributed by atoms with van der Waals surface area (Å²) in [6.45, 7) is 2.38. The highest BCUT2D eigenvalue weighted by Crippen LogP contribution is 2.16. The SMILES string of the molecule is C[C@H](NC(=O)N(CCO)Cc1nccn1C)c1ccc(Cl)cc1. The number of aliphatic hydroxyl groups is 1. The van der Waals surface area contributed by atoms with Gasteiger partial charge in [0, 0.05) is 31.0 Å². The summed E-state index contributed by atoms with van der Waals surface area (Å²) in [4.78, 5) is 18.2. The number of nitrogens with one attached hydrogen (secondary N) is 1. The van der Waals surface area contributed by atoms with E-state index >= 15 is 0 Å². The Bertz CT molecular complexity index is 642. The van der Waals surface area contributed by atoms with E-state index in [1.165, 1.54) is 4.90 Å². The highest BCUT2D eigenvalue weighted by Gasteiger charge is 2.18. The van der Waals surface area contributed by atoms with Gasteiger partial charge < -0.3 is 19.9 Å². The van der Waals surface area contributed by atoms with Gasteiger partial charge in [-0.2, -0.15) is 0 Å². The van der Waals surface area contributed by atoms with Crippen LogP contribution in [-0.4, -0.2) is 38.7 Å². The van der Waals surface area contributed by atoms with Gasteiger partial charge in [0.15, 0.2) is 0 Å². The number of halogens is 1. The number of benzene rings is 1. The molecule has 7 heteroatoms. The lowest BCUT2D eigenvalue weighted by Gasteiger charge is -2.24. The van der Waals surface area contributed by atoms with E-state index in [9.17, 15) is 9.90 Å². The van der Waals surface area contributed by atoms with Gasteiger partial charge in [0.05, 0.1) is 19.2 Å². The minimum Gasteiger partial charge on any atom is -0.395 e. The van der Waals surface area contributed by atoms with Crippen LogP contribution in [0.5, 0.6) is 0 Å². The Balaban J connectivity index is 2.02. The van der Waals surface area contributed by atoms with Gasteiger partial charge in [-0.05, 0) is 24.6 Å². The number of nitrogens with zero attached hydrogens (tertiary/aromatic N) is 3. The number of aryl methyl sites for hydroxylation is 1. The Hall–Kier alpha value is -2.05. The molecule has 0 bridgehead atoms. The molecule has 124 valence electrons. The summed E-state index contributed by atoms with van der Waals surface area (Å²) in [6, 6.07) is 6.93. The summed E-state index contributed by atoms with van der Waals surface area (Å²) in [6.07, 6.45) is 3.50. The van der Waals surface area contributed by atoms with Crippen molar-refractivity contribution in [1.82, 2.24) is 19.8 Å². The molecule has 23 heavy (non-hydrogen) atoms. The summed E-state index contributed by atoms with van der Waals surface area (Å²) >= 11 is 5.88. The Morgan fingerprint density at radius 3 is 2.70 bits per heavy atom. The van der Waals surface area contributed by atoms with Gasteiger partial charge in [0.1, 0.15) is 5.82 Å². The van der Waals surface area contributed by atoms with Crippen LogP contribution in [-0.2, 0) is 13.6 Å². The molecule has 0 aliphatic rings. The Morgan fingerprint density at radius 1 is 1.43 bits per heavy atom. The quantitative estimate of drug-likeness (QED) is 0.850. The van der Waals surface area contributed by atoms with Gasteiger partial charge in [-0.1, -0.05) is 23.7 Å². The molecule has 0 aliphatic carbocycles. The van der Waals surface area contributed by atoms with E-state index in [1.807, 2.05) is 36.9 Å². The molecule has 0 radical (unpaired) electrons. The van der Waals surface area contributed by atoms with Crippen molar-refractivity contribution in [3.63, 3.8) is 0 Å². The van der Waals surface area contributed by atoms with Crippen LogP contribution in [0.15, 0.2) is 36.7 Å². The van der Waals surface area contributed by atoms with Crippen LogP contribution in [0.2, 0.25) is 5.02 Å². The molecule has 6 nitrogen and oxygen atoms in total. The van der Waals surface area contributed by atoms with Crippen molar-refractivity contribution in [3.05, 3.63) is 53.1 Å². The second-order valence-corrected chi connectivity index (χ2v) is 5.76. The summed E-state index contributed by atoms with van der Waals surface area (Å²) in [5, 5.41) is 12.8. The van der Waals surface area contributed by atoms with E-state index in [-0.39, 0.29) is 25.2 Å². The van der Waals surface area contributed by atoms with Crippen molar-refractivity contribution >= 4 is 17.6 Å². The fraction of sp³-hybridized carbons (Fsp3) is 0.375. The summed E-state index contributed by atoms with van der Waals surface area (Å²) in [7, 11) is 1.87. The summed E-state index contributed by atoms with van der Waals surface area (Å²) < 4.78 is 1.85. The maximum atomic E-state index is 12.5. The first kappa shape index (κ1) is 17.3. The molecule has 0 unspecified atom stereocenters. The lowest BCUT2D eigenvalue weighted by Crippen LogP contribution is -2.42. The minimum atomic E-state index is -0.246. The third kappa shape index (κ3) is 4.71. The number of carbonyl (C=O) groups excluding carboxylic acids is 1. The third-order valence-corrected chi connectivity index (χ3v) is 3.87. The number of amides is 2. The molecule has 2 rings (SSSR count). The zero-order chi connectivity index (χ0) is 16.8. The Labute approximate surface area is 140 Å². The fourth-order valence-electron chi connectivity index (χ4n) is 2.20. The van der Waals surface area contributed by atoms with Crippen LogP contribution in [0.1, 0.15) is 24.4 Å². The van der Waals surface area contributed by atoms with E-state index in [4.69, 9.17) is 11.6 Å². The zero-order valence-electron chi connectivity index (χ0n) is 13.2. The molecule has 1 atom stereocenters. The van der Waals surface area contributed by atoms with Crippen molar-refractivity contribution < 1.29 is 9.90 Å². The Morgan fingerprint density at radius 2 is 2.13 bits per heavy atom. The monoisotopic (exact) mass is 336 g/mol. The number of aliphatic hydroxyl groups excluding tert-OH is 1. The number of carbonyl (C=O) groups is 1. The highest BCUT2D eigenvalue weighted by atomic mass is 35.5. The second kappa shape index (κ2) is 7.99.